The molecular formula is C17H21N5O3. The van der Waals surface area contributed by atoms with E-state index in [9.17, 15) is 4.79 Å². The summed E-state index contributed by atoms with van der Waals surface area (Å²) in [6, 6.07) is 3.11. The highest BCUT2D eigenvalue weighted by Crippen LogP contribution is 2.30. The number of H-pyrrole nitrogens is 1. The van der Waals surface area contributed by atoms with Gasteiger partial charge in [-0.05, 0) is 24.8 Å². The molecule has 25 heavy (non-hydrogen) atoms. The number of carbonyl (C=O) groups is 1. The molecule has 2 N–H and O–H groups in total. The van der Waals surface area contributed by atoms with E-state index in [4.69, 9.17) is 14.5 Å². The van der Waals surface area contributed by atoms with E-state index in [1.54, 1.807) is 0 Å². The van der Waals surface area contributed by atoms with Gasteiger partial charge in [0.25, 0.3) is 5.91 Å². The van der Waals surface area contributed by atoms with Crippen molar-refractivity contribution in [2.45, 2.75) is 38.6 Å². The van der Waals surface area contributed by atoms with Crippen LogP contribution in [0.3, 0.4) is 0 Å². The first kappa shape index (κ1) is 17.2. The molecule has 3 heterocycles. The fraction of sp³-hybridized carbons (Fsp3) is 0.529. The van der Waals surface area contributed by atoms with Crippen molar-refractivity contribution in [2.75, 3.05) is 13.2 Å². The summed E-state index contributed by atoms with van der Waals surface area (Å²) in [7, 11) is 0. The van der Waals surface area contributed by atoms with E-state index in [0.29, 0.717) is 36.2 Å². The fourth-order valence-corrected chi connectivity index (χ4v) is 2.85. The number of carbonyl (C=O) groups excluding carboxylic acids is 1. The predicted molar refractivity (Wildman–Crippen MR) is 87.6 cm³/mol. The van der Waals surface area contributed by atoms with Crippen molar-refractivity contribution in [3.8, 4) is 6.07 Å². The first-order valence-corrected chi connectivity index (χ1v) is 8.39. The largest absolute Gasteiger partial charge is 0.381 e. The van der Waals surface area contributed by atoms with E-state index in [1.165, 1.54) is 12.3 Å². The molecule has 0 aliphatic carbocycles. The molecule has 0 radical (unpaired) electrons. The van der Waals surface area contributed by atoms with Crippen molar-refractivity contribution >= 4 is 5.91 Å². The van der Waals surface area contributed by atoms with Gasteiger partial charge < -0.3 is 19.6 Å². The molecule has 2 aromatic rings. The van der Waals surface area contributed by atoms with Gasteiger partial charge in [0.05, 0.1) is 5.56 Å². The number of nitriles is 1. The minimum atomic E-state index is -0.378. The molecule has 132 valence electrons. The summed E-state index contributed by atoms with van der Waals surface area (Å²) in [5.74, 6) is 1.06. The second kappa shape index (κ2) is 7.49. The van der Waals surface area contributed by atoms with Crippen LogP contribution in [0.4, 0.5) is 0 Å². The second-order valence-electron chi connectivity index (χ2n) is 6.46. The van der Waals surface area contributed by atoms with Crippen LogP contribution in [0.1, 0.15) is 66.4 Å². The van der Waals surface area contributed by atoms with Crippen molar-refractivity contribution in [3.05, 3.63) is 35.2 Å². The topological polar surface area (TPSA) is 117 Å². The van der Waals surface area contributed by atoms with Crippen molar-refractivity contribution in [1.29, 1.82) is 5.26 Å². The predicted octanol–water partition coefficient (Wildman–Crippen LogP) is 2.29. The number of amides is 1. The zero-order valence-corrected chi connectivity index (χ0v) is 14.3. The molecule has 3 rings (SSSR count). The third kappa shape index (κ3) is 3.88. The Balaban J connectivity index is 1.82. The van der Waals surface area contributed by atoms with E-state index < -0.39 is 0 Å². The zero-order chi connectivity index (χ0) is 17.8. The maximum atomic E-state index is 12.6. The molecular weight excluding hydrogens is 322 g/mol. The molecule has 8 nitrogen and oxygen atoms in total. The summed E-state index contributed by atoms with van der Waals surface area (Å²) in [6.45, 7) is 5.26. The summed E-state index contributed by atoms with van der Waals surface area (Å²) in [4.78, 5) is 19.8. The SMILES string of the molecule is CC(C)c1noc(C(NC(=O)c2c[nH]c(C#N)c2)C2CCOCC2)n1. The summed E-state index contributed by atoms with van der Waals surface area (Å²) in [5.41, 5.74) is 0.741. The Hall–Kier alpha value is -2.66. The normalized spacial score (nSPS) is 16.6. The second-order valence-corrected chi connectivity index (χ2v) is 6.46. The highest BCUT2D eigenvalue weighted by atomic mass is 16.5. The lowest BCUT2D eigenvalue weighted by atomic mass is 9.91. The van der Waals surface area contributed by atoms with Crippen LogP contribution >= 0.6 is 0 Å². The lowest BCUT2D eigenvalue weighted by molar-refractivity contribution is 0.0468. The number of aromatic amines is 1. The quantitative estimate of drug-likeness (QED) is 0.860. The average Bonchev–Trinajstić information content (AvgIpc) is 3.29. The number of rotatable bonds is 5. The van der Waals surface area contributed by atoms with Gasteiger partial charge in [0.2, 0.25) is 5.89 Å². The Bertz CT molecular complexity index is 767. The summed E-state index contributed by atoms with van der Waals surface area (Å²) < 4.78 is 10.8. The van der Waals surface area contributed by atoms with Crippen LogP contribution in [-0.2, 0) is 4.74 Å². The Morgan fingerprint density at radius 2 is 2.20 bits per heavy atom. The van der Waals surface area contributed by atoms with Crippen LogP contribution in [0.25, 0.3) is 0 Å². The minimum absolute atomic E-state index is 0.145. The summed E-state index contributed by atoms with van der Waals surface area (Å²) in [6.07, 6.45) is 3.13. The molecule has 0 spiro atoms. The van der Waals surface area contributed by atoms with Gasteiger partial charge in [-0.25, -0.2) is 0 Å². The van der Waals surface area contributed by atoms with Crippen LogP contribution in [0.15, 0.2) is 16.8 Å². The van der Waals surface area contributed by atoms with Gasteiger partial charge >= 0.3 is 0 Å². The number of nitrogens with zero attached hydrogens (tertiary/aromatic N) is 3. The third-order valence-electron chi connectivity index (χ3n) is 4.33. The first-order valence-electron chi connectivity index (χ1n) is 8.39. The molecule has 2 aromatic heterocycles. The molecule has 0 bridgehead atoms. The van der Waals surface area contributed by atoms with E-state index in [2.05, 4.69) is 20.4 Å². The molecule has 1 atom stereocenters. The standard InChI is InChI=1S/C17H21N5O3/c1-10(2)15-21-17(25-22-15)14(11-3-5-24-6-4-11)20-16(23)12-7-13(8-18)19-9-12/h7,9-11,14,19H,3-6H2,1-2H3,(H,20,23). The van der Waals surface area contributed by atoms with Gasteiger partial charge in [0, 0.05) is 25.3 Å². The highest BCUT2D eigenvalue weighted by molar-refractivity contribution is 5.94. The van der Waals surface area contributed by atoms with Crippen molar-refractivity contribution < 1.29 is 14.1 Å². The first-order chi connectivity index (χ1) is 12.1. The number of hydrogen-bond donors (Lipinski definition) is 2. The van der Waals surface area contributed by atoms with Crippen LogP contribution in [0.2, 0.25) is 0 Å². The summed E-state index contributed by atoms with van der Waals surface area (Å²) in [5, 5.41) is 15.9. The average molecular weight is 343 g/mol. The Morgan fingerprint density at radius 3 is 2.80 bits per heavy atom. The van der Waals surface area contributed by atoms with Crippen LogP contribution in [0.5, 0.6) is 0 Å². The van der Waals surface area contributed by atoms with Gasteiger partial charge in [-0.1, -0.05) is 19.0 Å². The van der Waals surface area contributed by atoms with E-state index >= 15 is 0 Å². The molecule has 0 saturated carbocycles. The molecule has 0 aromatic carbocycles. The Labute approximate surface area is 145 Å². The van der Waals surface area contributed by atoms with Crippen molar-refractivity contribution in [1.82, 2.24) is 20.4 Å². The van der Waals surface area contributed by atoms with Gasteiger partial charge in [-0.2, -0.15) is 10.2 Å². The van der Waals surface area contributed by atoms with Gasteiger partial charge in [-0.3, -0.25) is 4.79 Å². The maximum Gasteiger partial charge on any atom is 0.253 e. The number of hydrogen-bond acceptors (Lipinski definition) is 6. The monoisotopic (exact) mass is 343 g/mol. The van der Waals surface area contributed by atoms with Crippen LogP contribution in [-0.4, -0.2) is 34.2 Å². The van der Waals surface area contributed by atoms with Crippen molar-refractivity contribution in [3.63, 3.8) is 0 Å². The van der Waals surface area contributed by atoms with E-state index in [-0.39, 0.29) is 23.8 Å². The fourth-order valence-electron chi connectivity index (χ4n) is 2.85. The van der Waals surface area contributed by atoms with Crippen LogP contribution in [0, 0.1) is 17.2 Å². The van der Waals surface area contributed by atoms with E-state index in [0.717, 1.165) is 12.8 Å². The lowest BCUT2D eigenvalue weighted by Crippen LogP contribution is -2.36. The molecule has 8 heteroatoms. The minimum Gasteiger partial charge on any atom is -0.381 e. The van der Waals surface area contributed by atoms with Gasteiger partial charge in [-0.15, -0.1) is 0 Å². The van der Waals surface area contributed by atoms with Crippen molar-refractivity contribution in [2.24, 2.45) is 5.92 Å². The number of ether oxygens (including phenoxy) is 1. The van der Waals surface area contributed by atoms with Crippen LogP contribution < -0.4 is 5.32 Å². The molecule has 1 fully saturated rings. The lowest BCUT2D eigenvalue weighted by Gasteiger charge is -2.28. The molecule has 1 aliphatic rings. The van der Waals surface area contributed by atoms with Gasteiger partial charge in [0.15, 0.2) is 5.82 Å². The molecule has 1 amide bonds. The maximum absolute atomic E-state index is 12.6. The zero-order valence-electron chi connectivity index (χ0n) is 14.3. The smallest absolute Gasteiger partial charge is 0.253 e. The molecule has 1 saturated heterocycles. The molecule has 1 unspecified atom stereocenters. The molecule has 1 aliphatic heterocycles. The highest BCUT2D eigenvalue weighted by Gasteiger charge is 2.32. The Morgan fingerprint density at radius 1 is 1.44 bits per heavy atom. The van der Waals surface area contributed by atoms with Gasteiger partial charge in [0.1, 0.15) is 17.8 Å². The Kier molecular flexibility index (Phi) is 5.14. The third-order valence-corrected chi connectivity index (χ3v) is 4.33. The number of aromatic nitrogens is 3. The van der Waals surface area contributed by atoms with E-state index in [1.807, 2.05) is 19.9 Å². The number of nitrogens with one attached hydrogen (secondary N) is 2. The summed E-state index contributed by atoms with van der Waals surface area (Å²) >= 11 is 0.